The molecule has 0 aromatic heterocycles. The normalized spacial score (nSPS) is 10.3. The van der Waals surface area contributed by atoms with Crippen LogP contribution in [0.1, 0.15) is 11.1 Å². The van der Waals surface area contributed by atoms with Gasteiger partial charge in [0.2, 0.25) is 0 Å². The highest BCUT2D eigenvalue weighted by atomic mass is 19.1. The molecule has 3 aromatic carbocycles. The number of nitro groups is 1. The van der Waals surface area contributed by atoms with Crippen molar-refractivity contribution in [2.75, 3.05) is 5.32 Å². The van der Waals surface area contributed by atoms with Gasteiger partial charge in [0.25, 0.3) is 5.69 Å². The second-order valence-corrected chi connectivity index (χ2v) is 5.69. The smallest absolute Gasteiger partial charge is 0.271 e. The third-order valence-electron chi connectivity index (χ3n) is 3.80. The minimum atomic E-state index is -0.429. The van der Waals surface area contributed by atoms with Crippen LogP contribution in [0.5, 0.6) is 5.75 Å². The molecule has 132 valence electrons. The van der Waals surface area contributed by atoms with Gasteiger partial charge < -0.3 is 10.1 Å². The number of hydrogen-bond donors (Lipinski definition) is 1. The molecule has 26 heavy (non-hydrogen) atoms. The molecule has 0 fully saturated rings. The number of para-hydroxylation sites is 1. The van der Waals surface area contributed by atoms with E-state index in [-0.39, 0.29) is 18.1 Å². The maximum absolute atomic E-state index is 13.3. The molecule has 0 bridgehead atoms. The number of halogens is 1. The number of rotatable bonds is 7. The van der Waals surface area contributed by atoms with Crippen molar-refractivity contribution < 1.29 is 14.1 Å². The Morgan fingerprint density at radius 3 is 2.62 bits per heavy atom. The summed E-state index contributed by atoms with van der Waals surface area (Å²) in [5.41, 5.74) is 2.33. The molecule has 0 aliphatic rings. The van der Waals surface area contributed by atoms with Gasteiger partial charge in [0.1, 0.15) is 18.2 Å². The fraction of sp³-hybridized carbons (Fsp3) is 0.100. The van der Waals surface area contributed by atoms with Gasteiger partial charge in [-0.25, -0.2) is 4.39 Å². The van der Waals surface area contributed by atoms with E-state index in [1.807, 2.05) is 24.3 Å². The summed E-state index contributed by atoms with van der Waals surface area (Å²) in [6.45, 7) is 0.700. The van der Waals surface area contributed by atoms with Crippen molar-refractivity contribution in [3.63, 3.8) is 0 Å². The summed E-state index contributed by atoms with van der Waals surface area (Å²) in [4.78, 5) is 10.4. The van der Waals surface area contributed by atoms with E-state index >= 15 is 0 Å². The summed E-state index contributed by atoms with van der Waals surface area (Å²) < 4.78 is 19.1. The number of ether oxygens (including phenoxy) is 1. The molecule has 0 aliphatic heterocycles. The highest BCUT2D eigenvalue weighted by Crippen LogP contribution is 2.22. The first-order chi connectivity index (χ1) is 12.6. The molecule has 0 saturated carbocycles. The van der Waals surface area contributed by atoms with Crippen molar-refractivity contribution in [1.29, 1.82) is 0 Å². The average molecular weight is 352 g/mol. The lowest BCUT2D eigenvalue weighted by molar-refractivity contribution is -0.384. The van der Waals surface area contributed by atoms with E-state index in [0.29, 0.717) is 18.0 Å². The van der Waals surface area contributed by atoms with Crippen LogP contribution in [0.3, 0.4) is 0 Å². The minimum absolute atomic E-state index is 0.0330. The van der Waals surface area contributed by atoms with Crippen LogP contribution in [-0.2, 0) is 13.2 Å². The van der Waals surface area contributed by atoms with Crippen molar-refractivity contribution in [2.45, 2.75) is 13.2 Å². The molecule has 3 aromatic rings. The molecular formula is C20H17FN2O3. The highest BCUT2D eigenvalue weighted by Gasteiger charge is 2.07. The van der Waals surface area contributed by atoms with Gasteiger partial charge in [-0.3, -0.25) is 10.1 Å². The van der Waals surface area contributed by atoms with E-state index in [1.165, 1.54) is 24.3 Å². The van der Waals surface area contributed by atoms with Gasteiger partial charge in [-0.15, -0.1) is 0 Å². The molecular weight excluding hydrogens is 335 g/mol. The van der Waals surface area contributed by atoms with Crippen molar-refractivity contribution in [2.24, 2.45) is 0 Å². The van der Waals surface area contributed by atoms with Crippen molar-refractivity contribution in [3.05, 3.63) is 99.9 Å². The van der Waals surface area contributed by atoms with Crippen LogP contribution in [0.4, 0.5) is 15.8 Å². The first-order valence-electron chi connectivity index (χ1n) is 8.05. The van der Waals surface area contributed by atoms with Crippen molar-refractivity contribution in [1.82, 2.24) is 0 Å². The Morgan fingerprint density at radius 2 is 1.81 bits per heavy atom. The predicted molar refractivity (Wildman–Crippen MR) is 97.6 cm³/mol. The van der Waals surface area contributed by atoms with E-state index in [1.54, 1.807) is 24.3 Å². The van der Waals surface area contributed by atoms with Crippen LogP contribution in [0.25, 0.3) is 0 Å². The maximum Gasteiger partial charge on any atom is 0.271 e. The number of hydrogen-bond acceptors (Lipinski definition) is 4. The summed E-state index contributed by atoms with van der Waals surface area (Å²) in [6.07, 6.45) is 0. The second-order valence-electron chi connectivity index (χ2n) is 5.69. The van der Waals surface area contributed by atoms with E-state index < -0.39 is 4.92 Å². The van der Waals surface area contributed by atoms with Gasteiger partial charge >= 0.3 is 0 Å². The Hall–Kier alpha value is -3.41. The number of nitrogens with zero attached hydrogens (tertiary/aromatic N) is 1. The number of nitro benzene ring substituents is 1. The molecule has 0 saturated heterocycles. The van der Waals surface area contributed by atoms with Gasteiger partial charge in [-0.1, -0.05) is 36.4 Å². The molecule has 5 nitrogen and oxygen atoms in total. The lowest BCUT2D eigenvalue weighted by atomic mass is 10.2. The van der Waals surface area contributed by atoms with Gasteiger partial charge in [0.05, 0.1) is 4.92 Å². The molecule has 0 atom stereocenters. The minimum Gasteiger partial charge on any atom is -0.489 e. The fourth-order valence-corrected chi connectivity index (χ4v) is 2.51. The Labute approximate surface area is 150 Å². The number of nitrogens with one attached hydrogen (secondary N) is 1. The monoisotopic (exact) mass is 352 g/mol. The molecule has 0 spiro atoms. The third-order valence-corrected chi connectivity index (χ3v) is 3.80. The van der Waals surface area contributed by atoms with Crippen LogP contribution in [-0.4, -0.2) is 4.92 Å². The molecule has 0 aliphatic carbocycles. The molecule has 0 heterocycles. The zero-order chi connectivity index (χ0) is 18.4. The summed E-state index contributed by atoms with van der Waals surface area (Å²) in [5.74, 6) is 0.376. The first-order valence-corrected chi connectivity index (χ1v) is 8.05. The lowest BCUT2D eigenvalue weighted by Crippen LogP contribution is -2.04. The van der Waals surface area contributed by atoms with E-state index in [9.17, 15) is 14.5 Å². The van der Waals surface area contributed by atoms with Gasteiger partial charge in [0, 0.05) is 29.9 Å². The standard InChI is InChI=1S/C20H17FN2O3/c21-17-7-3-5-15(11-17)14-26-20-10-2-1-6-16(20)13-22-18-8-4-9-19(12-18)23(24)25/h1-12,22H,13-14H2. The lowest BCUT2D eigenvalue weighted by Gasteiger charge is -2.13. The number of non-ortho nitro benzene ring substituents is 1. The fourth-order valence-electron chi connectivity index (χ4n) is 2.51. The summed E-state index contributed by atoms with van der Waals surface area (Å²) >= 11 is 0. The van der Waals surface area contributed by atoms with E-state index in [4.69, 9.17) is 4.74 Å². The Bertz CT molecular complexity index is 915. The second kappa shape index (κ2) is 8.11. The topological polar surface area (TPSA) is 64.4 Å². The summed E-state index contributed by atoms with van der Waals surface area (Å²) in [5, 5.41) is 14.0. The Kier molecular flexibility index (Phi) is 5.43. The predicted octanol–water partition coefficient (Wildman–Crippen LogP) is 4.93. The summed E-state index contributed by atoms with van der Waals surface area (Å²) in [7, 11) is 0. The Balaban J connectivity index is 1.67. The molecule has 3 rings (SSSR count). The molecule has 1 N–H and O–H groups in total. The van der Waals surface area contributed by atoms with Crippen molar-refractivity contribution in [3.8, 4) is 5.75 Å². The first kappa shape index (κ1) is 17.4. The largest absolute Gasteiger partial charge is 0.489 e. The van der Waals surface area contributed by atoms with E-state index in [0.717, 1.165) is 11.1 Å². The zero-order valence-corrected chi connectivity index (χ0v) is 13.9. The molecule has 0 radical (unpaired) electrons. The molecule has 6 heteroatoms. The third kappa shape index (κ3) is 4.57. The van der Waals surface area contributed by atoms with Crippen molar-refractivity contribution >= 4 is 11.4 Å². The van der Waals surface area contributed by atoms with Crippen LogP contribution in [0.15, 0.2) is 72.8 Å². The summed E-state index contributed by atoms with van der Waals surface area (Å²) in [6, 6.07) is 20.1. The zero-order valence-electron chi connectivity index (χ0n) is 13.9. The maximum atomic E-state index is 13.3. The van der Waals surface area contributed by atoms with Crippen LogP contribution in [0, 0.1) is 15.9 Å². The molecule has 0 amide bonds. The van der Waals surface area contributed by atoms with Gasteiger partial charge in [0.15, 0.2) is 0 Å². The highest BCUT2D eigenvalue weighted by molar-refractivity contribution is 5.51. The SMILES string of the molecule is O=[N+]([O-])c1cccc(NCc2ccccc2OCc2cccc(F)c2)c1. The van der Waals surface area contributed by atoms with Crippen LogP contribution < -0.4 is 10.1 Å². The van der Waals surface area contributed by atoms with Gasteiger partial charge in [-0.2, -0.15) is 0 Å². The van der Waals surface area contributed by atoms with E-state index in [2.05, 4.69) is 5.32 Å². The van der Waals surface area contributed by atoms with Gasteiger partial charge in [-0.05, 0) is 29.8 Å². The number of anilines is 1. The average Bonchev–Trinajstić information content (AvgIpc) is 2.65. The number of benzene rings is 3. The van der Waals surface area contributed by atoms with Crippen LogP contribution in [0.2, 0.25) is 0 Å². The molecule has 0 unspecified atom stereocenters. The van der Waals surface area contributed by atoms with Crippen LogP contribution >= 0.6 is 0 Å². The quantitative estimate of drug-likeness (QED) is 0.484. The Morgan fingerprint density at radius 1 is 1.00 bits per heavy atom.